The molecule has 0 fully saturated rings. The van der Waals surface area contributed by atoms with Gasteiger partial charge in [0.15, 0.2) is 0 Å². The number of aromatic nitrogens is 1. The van der Waals surface area contributed by atoms with Gasteiger partial charge in [-0.2, -0.15) is 0 Å². The lowest BCUT2D eigenvalue weighted by molar-refractivity contribution is 0.0690. The fraction of sp³-hybridized carbons (Fsp3) is 0. The molecule has 96 valence electrons. The van der Waals surface area contributed by atoms with Crippen molar-refractivity contribution >= 4 is 16.7 Å². The summed E-state index contributed by atoms with van der Waals surface area (Å²) in [7, 11) is 0. The number of fused-ring (bicyclic) bond motifs is 1. The minimum atomic E-state index is -0.995. The number of benzene rings is 1. The number of nitrogens with zero attached hydrogens (tertiary/aromatic N) is 1. The Labute approximate surface area is 96.6 Å². The highest BCUT2D eigenvalue weighted by atomic mass is 16.4. The Morgan fingerprint density at radius 3 is 2.06 bits per heavy atom. The van der Waals surface area contributed by atoms with Crippen molar-refractivity contribution in [3.63, 3.8) is 0 Å². The van der Waals surface area contributed by atoms with Crippen LogP contribution in [0.5, 0.6) is 0 Å². The van der Waals surface area contributed by atoms with E-state index in [1.54, 1.807) is 12.3 Å². The molecule has 0 atom stereocenters. The smallest absolute Gasteiger partial charge is 0.354 e. The first-order chi connectivity index (χ1) is 6.27. The van der Waals surface area contributed by atoms with Gasteiger partial charge in [0.25, 0.3) is 0 Å². The summed E-state index contributed by atoms with van der Waals surface area (Å²) in [5, 5.41) is 10.5. The van der Waals surface area contributed by atoms with Crippen LogP contribution in [0, 0.1) is 0 Å². The largest absolute Gasteiger partial charge is 0.477 e. The van der Waals surface area contributed by atoms with Gasteiger partial charge < -0.3 is 27.0 Å². The molecule has 0 aliphatic carbocycles. The molecule has 7 heteroatoms. The number of carboxylic acid groups (broad SMARTS) is 1. The fourth-order valence-corrected chi connectivity index (χ4v) is 1.20. The normalized spacial score (nSPS) is 7.76. The van der Waals surface area contributed by atoms with Gasteiger partial charge in [0, 0.05) is 11.6 Å². The molecule has 0 aliphatic heterocycles. The highest BCUT2D eigenvalue weighted by molar-refractivity contribution is 5.91. The Hall–Kier alpha value is -2.06. The molecule has 0 saturated carbocycles. The van der Waals surface area contributed by atoms with Crippen LogP contribution in [0.4, 0.5) is 0 Å². The van der Waals surface area contributed by atoms with E-state index in [1.807, 2.05) is 24.3 Å². The summed E-state index contributed by atoms with van der Waals surface area (Å²) in [5.74, 6) is -0.995. The molecule has 9 N–H and O–H groups in total. The third-order valence-corrected chi connectivity index (χ3v) is 1.85. The van der Waals surface area contributed by atoms with Crippen LogP contribution in [0.1, 0.15) is 10.5 Å². The number of carboxylic acids is 1. The van der Waals surface area contributed by atoms with Gasteiger partial charge in [-0.15, -0.1) is 0 Å². The third kappa shape index (κ3) is 4.13. The Balaban J connectivity index is -0.000000490. The molecule has 1 aromatic heterocycles. The van der Waals surface area contributed by atoms with E-state index in [-0.39, 0.29) is 27.6 Å². The Kier molecular flexibility index (Phi) is 9.74. The Morgan fingerprint density at radius 1 is 1.00 bits per heavy atom. The molecule has 17 heavy (non-hydrogen) atoms. The van der Waals surface area contributed by atoms with Gasteiger partial charge >= 0.3 is 5.97 Å². The predicted molar refractivity (Wildman–Crippen MR) is 63.2 cm³/mol. The minimum absolute atomic E-state index is 0. The summed E-state index contributed by atoms with van der Waals surface area (Å²) < 4.78 is 0. The van der Waals surface area contributed by atoms with E-state index in [0.29, 0.717) is 0 Å². The van der Waals surface area contributed by atoms with E-state index >= 15 is 0 Å². The molecule has 0 radical (unpaired) electrons. The van der Waals surface area contributed by atoms with Crippen LogP contribution in [0.3, 0.4) is 0 Å². The molecule has 2 aromatic rings. The molecule has 0 bridgehead atoms. The van der Waals surface area contributed by atoms with Gasteiger partial charge in [0.1, 0.15) is 5.69 Å². The number of rotatable bonds is 1. The number of carbonyl (C=O) groups is 1. The SMILES string of the molecule is O.O.O.O.O=C(O)c1cc2ccccc2cn1. The number of aromatic carboxylic acids is 1. The summed E-state index contributed by atoms with van der Waals surface area (Å²) in [6, 6.07) is 9.09. The van der Waals surface area contributed by atoms with E-state index in [1.165, 1.54) is 0 Å². The van der Waals surface area contributed by atoms with Gasteiger partial charge in [-0.3, -0.25) is 0 Å². The van der Waals surface area contributed by atoms with E-state index < -0.39 is 5.97 Å². The molecule has 0 unspecified atom stereocenters. The average Bonchev–Trinajstić information content (AvgIpc) is 2.17. The molecule has 0 amide bonds. The summed E-state index contributed by atoms with van der Waals surface area (Å²) >= 11 is 0. The van der Waals surface area contributed by atoms with Crippen molar-refractivity contribution in [2.75, 3.05) is 0 Å². The van der Waals surface area contributed by atoms with Crippen LogP contribution in [0.15, 0.2) is 36.5 Å². The maximum atomic E-state index is 10.6. The lowest BCUT2D eigenvalue weighted by Gasteiger charge is -1.97. The predicted octanol–water partition coefficient (Wildman–Crippen LogP) is -1.37. The first-order valence-corrected chi connectivity index (χ1v) is 3.85. The summed E-state index contributed by atoms with van der Waals surface area (Å²) in [6.45, 7) is 0. The summed E-state index contributed by atoms with van der Waals surface area (Å²) in [5.41, 5.74) is 0.0821. The van der Waals surface area contributed by atoms with Gasteiger partial charge in [0.2, 0.25) is 0 Å². The van der Waals surface area contributed by atoms with Crippen molar-refractivity contribution in [3.8, 4) is 0 Å². The molecule has 0 aliphatic rings. The first-order valence-electron chi connectivity index (χ1n) is 3.85. The second-order valence-electron chi connectivity index (χ2n) is 2.72. The first kappa shape index (κ1) is 20.4. The molecule has 0 saturated heterocycles. The Morgan fingerprint density at radius 2 is 1.53 bits per heavy atom. The molecule has 0 spiro atoms. The van der Waals surface area contributed by atoms with Gasteiger partial charge in [0.05, 0.1) is 0 Å². The van der Waals surface area contributed by atoms with E-state index in [4.69, 9.17) is 5.11 Å². The zero-order valence-electron chi connectivity index (χ0n) is 8.77. The third-order valence-electron chi connectivity index (χ3n) is 1.85. The van der Waals surface area contributed by atoms with Crippen molar-refractivity contribution in [2.45, 2.75) is 0 Å². The van der Waals surface area contributed by atoms with E-state index in [0.717, 1.165) is 10.8 Å². The highest BCUT2D eigenvalue weighted by Crippen LogP contribution is 2.12. The molecule has 1 heterocycles. The molecular weight excluding hydrogens is 230 g/mol. The summed E-state index contributed by atoms with van der Waals surface area (Å²) in [6.07, 6.45) is 1.57. The maximum Gasteiger partial charge on any atom is 0.354 e. The minimum Gasteiger partial charge on any atom is -0.477 e. The van der Waals surface area contributed by atoms with Crippen LogP contribution in [0.25, 0.3) is 10.8 Å². The monoisotopic (exact) mass is 245 g/mol. The van der Waals surface area contributed by atoms with Gasteiger partial charge in [-0.1, -0.05) is 24.3 Å². The molecule has 7 nitrogen and oxygen atoms in total. The molecule has 2 rings (SSSR count). The average molecular weight is 245 g/mol. The van der Waals surface area contributed by atoms with Crippen LogP contribution in [-0.2, 0) is 0 Å². The second-order valence-corrected chi connectivity index (χ2v) is 2.72. The highest BCUT2D eigenvalue weighted by Gasteiger charge is 2.03. The standard InChI is InChI=1S/C10H7NO2.4H2O/c12-10(13)9-5-7-3-1-2-4-8(7)6-11-9;;;;/h1-6H,(H,12,13);4*1H2. The van der Waals surface area contributed by atoms with Crippen molar-refractivity contribution in [2.24, 2.45) is 0 Å². The van der Waals surface area contributed by atoms with Gasteiger partial charge in [-0.25, -0.2) is 9.78 Å². The van der Waals surface area contributed by atoms with E-state index in [9.17, 15) is 4.79 Å². The van der Waals surface area contributed by atoms with Crippen LogP contribution in [-0.4, -0.2) is 38.0 Å². The van der Waals surface area contributed by atoms with Crippen LogP contribution >= 0.6 is 0 Å². The van der Waals surface area contributed by atoms with Crippen molar-refractivity contribution in [3.05, 3.63) is 42.2 Å². The van der Waals surface area contributed by atoms with Crippen LogP contribution < -0.4 is 0 Å². The second kappa shape index (κ2) is 8.13. The Bertz CT molecular complexity index is 473. The lowest BCUT2D eigenvalue weighted by Crippen LogP contribution is -1.98. The van der Waals surface area contributed by atoms with Crippen LogP contribution in [0.2, 0.25) is 0 Å². The van der Waals surface area contributed by atoms with Gasteiger partial charge in [-0.05, 0) is 11.5 Å². The van der Waals surface area contributed by atoms with Crippen molar-refractivity contribution in [1.29, 1.82) is 0 Å². The molecule has 1 aromatic carbocycles. The maximum absolute atomic E-state index is 10.6. The lowest BCUT2D eigenvalue weighted by atomic mass is 10.1. The quantitative estimate of drug-likeness (QED) is 0.653. The number of hydrogen-bond acceptors (Lipinski definition) is 2. The van der Waals surface area contributed by atoms with Crippen molar-refractivity contribution in [1.82, 2.24) is 4.98 Å². The number of hydrogen-bond donors (Lipinski definition) is 1. The topological polar surface area (TPSA) is 176 Å². The fourth-order valence-electron chi connectivity index (χ4n) is 1.20. The zero-order valence-corrected chi connectivity index (χ0v) is 8.77. The number of pyridine rings is 1. The molecular formula is C10H15NO6. The van der Waals surface area contributed by atoms with Crippen molar-refractivity contribution < 1.29 is 31.8 Å². The van der Waals surface area contributed by atoms with E-state index in [2.05, 4.69) is 4.98 Å². The summed E-state index contributed by atoms with van der Waals surface area (Å²) in [4.78, 5) is 14.4. The zero-order chi connectivity index (χ0) is 9.26.